The summed E-state index contributed by atoms with van der Waals surface area (Å²) in [5.41, 5.74) is 1.21. The van der Waals surface area contributed by atoms with E-state index in [-0.39, 0.29) is 11.3 Å². The van der Waals surface area contributed by atoms with E-state index in [9.17, 15) is 4.91 Å². The summed E-state index contributed by atoms with van der Waals surface area (Å²) in [6.07, 6.45) is 3.47. The van der Waals surface area contributed by atoms with Crippen molar-refractivity contribution in [2.24, 2.45) is 5.18 Å². The predicted octanol–water partition coefficient (Wildman–Crippen LogP) is 2.45. The van der Waals surface area contributed by atoms with Gasteiger partial charge in [-0.05, 0) is 30.3 Å². The highest BCUT2D eigenvalue weighted by Crippen LogP contribution is 2.22. The Morgan fingerprint density at radius 3 is 2.88 bits per heavy atom. The smallest absolute Gasteiger partial charge is 0.125 e. The van der Waals surface area contributed by atoms with Crippen molar-refractivity contribution in [2.75, 3.05) is 0 Å². The van der Waals surface area contributed by atoms with Crippen LogP contribution >= 0.6 is 0 Å². The van der Waals surface area contributed by atoms with Gasteiger partial charge in [0.1, 0.15) is 17.6 Å². The number of nitroso groups, excluding NO2 is 1. The molecule has 0 fully saturated rings. The molecule has 0 radical (unpaired) electrons. The second-order valence-corrected chi connectivity index (χ2v) is 3.25. The SMILES string of the molecule is Cc1nccn1-c1ccc(N=O)c(C#N)c1. The molecule has 0 unspecified atom stereocenters. The van der Waals surface area contributed by atoms with Crippen LogP contribution in [0.1, 0.15) is 11.4 Å². The number of aryl methyl sites for hydroxylation is 1. The Hall–Kier alpha value is -2.48. The summed E-state index contributed by atoms with van der Waals surface area (Å²) in [7, 11) is 0. The first kappa shape index (κ1) is 10.1. The maximum absolute atomic E-state index is 10.4. The molecule has 1 aromatic heterocycles. The van der Waals surface area contributed by atoms with Crippen molar-refractivity contribution in [3.05, 3.63) is 46.9 Å². The largest absolute Gasteiger partial charge is 0.304 e. The molecule has 16 heavy (non-hydrogen) atoms. The molecular formula is C11H8N4O. The zero-order chi connectivity index (χ0) is 11.5. The van der Waals surface area contributed by atoms with E-state index >= 15 is 0 Å². The average molecular weight is 212 g/mol. The van der Waals surface area contributed by atoms with Gasteiger partial charge in [-0.15, -0.1) is 4.91 Å². The molecule has 0 bridgehead atoms. The number of hydrogen-bond acceptors (Lipinski definition) is 4. The molecule has 0 spiro atoms. The second kappa shape index (κ2) is 3.95. The molecule has 0 N–H and O–H groups in total. The summed E-state index contributed by atoms with van der Waals surface area (Å²) in [6, 6.07) is 6.81. The Balaban J connectivity index is 2.57. The molecule has 2 rings (SSSR count). The lowest BCUT2D eigenvalue weighted by Gasteiger charge is -2.05. The van der Waals surface area contributed by atoms with E-state index < -0.39 is 0 Å². The minimum absolute atomic E-state index is 0.156. The van der Waals surface area contributed by atoms with E-state index in [1.54, 1.807) is 24.5 Å². The van der Waals surface area contributed by atoms with Gasteiger partial charge in [0.25, 0.3) is 0 Å². The van der Waals surface area contributed by atoms with Crippen LogP contribution in [0.5, 0.6) is 0 Å². The predicted molar refractivity (Wildman–Crippen MR) is 58.5 cm³/mol. The van der Waals surface area contributed by atoms with E-state index in [2.05, 4.69) is 10.2 Å². The van der Waals surface area contributed by atoms with Gasteiger partial charge < -0.3 is 4.57 Å². The quantitative estimate of drug-likeness (QED) is 0.718. The number of nitriles is 1. The van der Waals surface area contributed by atoms with Crippen LogP contribution in [0.25, 0.3) is 5.69 Å². The molecule has 0 aliphatic rings. The van der Waals surface area contributed by atoms with Crippen molar-refractivity contribution in [1.82, 2.24) is 9.55 Å². The van der Waals surface area contributed by atoms with Gasteiger partial charge in [-0.1, -0.05) is 0 Å². The highest BCUT2D eigenvalue weighted by atomic mass is 16.3. The number of imidazole rings is 1. The van der Waals surface area contributed by atoms with Gasteiger partial charge >= 0.3 is 0 Å². The third-order valence-corrected chi connectivity index (χ3v) is 2.30. The van der Waals surface area contributed by atoms with Crippen LogP contribution < -0.4 is 0 Å². The zero-order valence-electron chi connectivity index (χ0n) is 8.58. The van der Waals surface area contributed by atoms with Gasteiger partial charge in [0.05, 0.1) is 5.56 Å². The molecule has 0 saturated heterocycles. The van der Waals surface area contributed by atoms with Crippen LogP contribution in [0.2, 0.25) is 0 Å². The van der Waals surface area contributed by atoms with E-state index in [1.807, 2.05) is 17.6 Å². The van der Waals surface area contributed by atoms with Crippen molar-refractivity contribution >= 4 is 5.69 Å². The van der Waals surface area contributed by atoms with Crippen LogP contribution in [0.15, 0.2) is 35.8 Å². The topological polar surface area (TPSA) is 71.0 Å². The van der Waals surface area contributed by atoms with Crippen LogP contribution in [0.4, 0.5) is 5.69 Å². The van der Waals surface area contributed by atoms with E-state index in [0.717, 1.165) is 11.5 Å². The van der Waals surface area contributed by atoms with Gasteiger partial charge in [-0.3, -0.25) is 0 Å². The minimum Gasteiger partial charge on any atom is -0.304 e. The lowest BCUT2D eigenvalue weighted by molar-refractivity contribution is 0.974. The van der Waals surface area contributed by atoms with Gasteiger partial charge in [0, 0.05) is 18.1 Å². The van der Waals surface area contributed by atoms with E-state index in [0.29, 0.717) is 0 Å². The van der Waals surface area contributed by atoms with Crippen LogP contribution in [-0.4, -0.2) is 9.55 Å². The summed E-state index contributed by atoms with van der Waals surface area (Å²) < 4.78 is 1.83. The highest BCUT2D eigenvalue weighted by Gasteiger charge is 2.06. The minimum atomic E-state index is 0.156. The van der Waals surface area contributed by atoms with E-state index in [4.69, 9.17) is 5.26 Å². The van der Waals surface area contributed by atoms with Gasteiger partial charge in [-0.2, -0.15) is 5.26 Å². The first-order chi connectivity index (χ1) is 7.76. The first-order valence-corrected chi connectivity index (χ1v) is 4.64. The van der Waals surface area contributed by atoms with Crippen molar-refractivity contribution in [3.63, 3.8) is 0 Å². The Bertz CT molecular complexity index is 580. The summed E-state index contributed by atoms with van der Waals surface area (Å²) >= 11 is 0. The molecule has 0 saturated carbocycles. The highest BCUT2D eigenvalue weighted by molar-refractivity contribution is 5.57. The Morgan fingerprint density at radius 2 is 2.31 bits per heavy atom. The maximum atomic E-state index is 10.4. The Morgan fingerprint density at radius 1 is 1.50 bits per heavy atom. The summed E-state index contributed by atoms with van der Waals surface area (Å²) in [4.78, 5) is 14.5. The average Bonchev–Trinajstić information content (AvgIpc) is 2.74. The van der Waals surface area contributed by atoms with Gasteiger partial charge in [-0.25, -0.2) is 4.98 Å². The van der Waals surface area contributed by atoms with Crippen molar-refractivity contribution < 1.29 is 0 Å². The third kappa shape index (κ3) is 1.57. The fourth-order valence-corrected chi connectivity index (χ4v) is 1.49. The number of nitrogens with zero attached hydrogens (tertiary/aromatic N) is 4. The molecule has 1 aromatic carbocycles. The summed E-state index contributed by atoms with van der Waals surface area (Å²) in [5, 5.41) is 11.7. The Labute approximate surface area is 91.9 Å². The van der Waals surface area contributed by atoms with E-state index in [1.165, 1.54) is 6.07 Å². The van der Waals surface area contributed by atoms with Crippen LogP contribution in [0, 0.1) is 23.2 Å². The molecule has 0 aliphatic carbocycles. The number of rotatable bonds is 2. The molecule has 78 valence electrons. The standard InChI is InChI=1S/C11H8N4O/c1-8-13-4-5-15(8)10-2-3-11(14-16)9(6-10)7-12/h2-6H,1H3. The molecule has 1 heterocycles. The molecule has 0 aliphatic heterocycles. The number of hydrogen-bond donors (Lipinski definition) is 0. The Kier molecular flexibility index (Phi) is 2.48. The molecule has 5 nitrogen and oxygen atoms in total. The molecular weight excluding hydrogens is 204 g/mol. The normalized spacial score (nSPS) is 9.75. The molecule has 0 atom stereocenters. The van der Waals surface area contributed by atoms with Crippen LogP contribution in [0.3, 0.4) is 0 Å². The van der Waals surface area contributed by atoms with Crippen LogP contribution in [-0.2, 0) is 0 Å². The number of benzene rings is 1. The molecule has 0 amide bonds. The second-order valence-electron chi connectivity index (χ2n) is 3.25. The lowest BCUT2D eigenvalue weighted by Crippen LogP contribution is -1.95. The van der Waals surface area contributed by atoms with Crippen molar-refractivity contribution in [1.29, 1.82) is 5.26 Å². The fraction of sp³-hybridized carbons (Fsp3) is 0.0909. The van der Waals surface area contributed by atoms with Crippen molar-refractivity contribution in [3.8, 4) is 11.8 Å². The molecule has 5 heteroatoms. The van der Waals surface area contributed by atoms with Gasteiger partial charge in [0.2, 0.25) is 0 Å². The van der Waals surface area contributed by atoms with Gasteiger partial charge in [0.15, 0.2) is 0 Å². The molecule has 2 aromatic rings. The fourth-order valence-electron chi connectivity index (χ4n) is 1.49. The first-order valence-electron chi connectivity index (χ1n) is 4.64. The third-order valence-electron chi connectivity index (χ3n) is 2.30. The summed E-state index contributed by atoms with van der Waals surface area (Å²) in [5.74, 6) is 0.815. The monoisotopic (exact) mass is 212 g/mol. The maximum Gasteiger partial charge on any atom is 0.125 e. The summed E-state index contributed by atoms with van der Waals surface area (Å²) in [6.45, 7) is 1.86. The lowest BCUT2D eigenvalue weighted by atomic mass is 10.2. The number of aromatic nitrogens is 2. The zero-order valence-corrected chi connectivity index (χ0v) is 8.58. The van der Waals surface area contributed by atoms with Crippen molar-refractivity contribution in [2.45, 2.75) is 6.92 Å².